The van der Waals surface area contributed by atoms with E-state index in [4.69, 9.17) is 32.4 Å². The first-order valence-corrected chi connectivity index (χ1v) is 17.9. The molecule has 50 heavy (non-hydrogen) atoms. The van der Waals surface area contributed by atoms with Crippen LogP contribution in [0, 0.1) is 23.7 Å². The third kappa shape index (κ3) is 4.17. The second kappa shape index (κ2) is 11.0. The number of para-hydroxylation sites is 2. The number of imide groups is 2. The standard InChI is InChI=1S/C37H26BrCl2N3O7/c38-17-42-34(47)36(39)15-25-23(30(37(36,40)35(42)48)20-13-19-14-22(44)9-12-27(19)49-16-20)10-11-24-29(25)33(46)43(32(24)45)21-7-5-18(6-8-21)31-41-26-3-1-2-4-28(26)50-31/h1-10,12,14,16,24-25,29-30,44H,11,13,15,17H2/t24-,25+,29-,30-,36+,37-/m0/s1. The Morgan fingerprint density at radius 1 is 0.960 bits per heavy atom. The number of ether oxygens (including phenoxy) is 1. The summed E-state index contributed by atoms with van der Waals surface area (Å²) >= 11 is 18.0. The fraction of sp³-hybridized carbons (Fsp3) is 0.270. The first-order chi connectivity index (χ1) is 24.0. The van der Waals surface area contributed by atoms with Crippen molar-refractivity contribution in [2.45, 2.75) is 29.0 Å². The molecule has 6 atom stereocenters. The topological polar surface area (TPSA) is 130 Å². The lowest BCUT2D eigenvalue weighted by Crippen LogP contribution is -2.61. The highest BCUT2D eigenvalue weighted by atomic mass is 79.9. The number of aromatic nitrogens is 1. The van der Waals surface area contributed by atoms with Gasteiger partial charge in [-0.2, -0.15) is 0 Å². The highest BCUT2D eigenvalue weighted by Crippen LogP contribution is 2.65. The number of anilines is 1. The number of carbonyl (C=O) groups is 4. The largest absolute Gasteiger partial charge is 0.508 e. The van der Waals surface area contributed by atoms with Gasteiger partial charge in [-0.25, -0.2) is 4.98 Å². The summed E-state index contributed by atoms with van der Waals surface area (Å²) in [7, 11) is 0. The van der Waals surface area contributed by atoms with Crippen molar-refractivity contribution in [3.63, 3.8) is 0 Å². The van der Waals surface area contributed by atoms with Gasteiger partial charge >= 0.3 is 0 Å². The summed E-state index contributed by atoms with van der Waals surface area (Å²) in [4.78, 5) is 59.4. The molecule has 4 heterocycles. The number of phenolic OH excluding ortho intramolecular Hbond substituents is 1. The minimum atomic E-state index is -1.94. The van der Waals surface area contributed by atoms with Gasteiger partial charge in [-0.1, -0.05) is 39.7 Å². The van der Waals surface area contributed by atoms with E-state index >= 15 is 0 Å². The van der Waals surface area contributed by atoms with Crippen LogP contribution >= 0.6 is 39.1 Å². The van der Waals surface area contributed by atoms with Gasteiger partial charge in [-0.3, -0.25) is 29.0 Å². The van der Waals surface area contributed by atoms with Gasteiger partial charge in [-0.05, 0) is 78.9 Å². The first-order valence-electron chi connectivity index (χ1n) is 16.1. The number of carbonyl (C=O) groups excluding carboxylic acids is 4. The fourth-order valence-electron chi connectivity index (χ4n) is 8.57. The van der Waals surface area contributed by atoms with Crippen LogP contribution in [-0.2, 0) is 25.6 Å². The van der Waals surface area contributed by atoms with E-state index in [1.807, 2.05) is 30.3 Å². The number of aromatic hydroxyl groups is 1. The molecule has 3 aromatic carbocycles. The Morgan fingerprint density at radius 3 is 2.50 bits per heavy atom. The molecule has 2 aliphatic carbocycles. The molecule has 4 amide bonds. The molecule has 1 aromatic heterocycles. The SMILES string of the molecule is O=C1[C@H]2[C@H](CC=C3[C@H](C4=COc5ccc(O)cc5C4)[C@]4(Cl)C(=O)N(CBr)C(=O)[C@]4(Cl)C[C@H]32)C(=O)N1c1ccc(-c2nc3ccccc3o2)cc1. The number of allylic oxidation sites excluding steroid dienone is 3. The molecule has 3 aliphatic heterocycles. The number of rotatable bonds is 4. The normalized spacial score (nSPS) is 30.1. The monoisotopic (exact) mass is 773 g/mol. The summed E-state index contributed by atoms with van der Waals surface area (Å²) in [5, 5.41) is 10.2. The molecule has 10 nitrogen and oxygen atoms in total. The second-order valence-corrected chi connectivity index (χ2v) is 15.1. The Hall–Kier alpha value is -4.45. The number of amides is 4. The molecule has 0 radical (unpaired) electrons. The minimum absolute atomic E-state index is 0.0387. The molecule has 13 heteroatoms. The summed E-state index contributed by atoms with van der Waals surface area (Å²) in [6, 6.07) is 19.0. The van der Waals surface area contributed by atoms with Crippen molar-refractivity contribution in [3.8, 4) is 23.0 Å². The molecule has 1 saturated carbocycles. The molecule has 3 fully saturated rings. The van der Waals surface area contributed by atoms with Gasteiger partial charge in [0.15, 0.2) is 15.3 Å². The third-order valence-electron chi connectivity index (χ3n) is 10.8. The number of hydrogen-bond donors (Lipinski definition) is 1. The van der Waals surface area contributed by atoms with Gasteiger partial charge in [0.1, 0.15) is 17.0 Å². The Kier molecular flexibility index (Phi) is 6.95. The van der Waals surface area contributed by atoms with E-state index in [1.54, 1.807) is 36.4 Å². The van der Waals surface area contributed by atoms with Crippen molar-refractivity contribution >= 4 is 79.5 Å². The Labute approximate surface area is 303 Å². The van der Waals surface area contributed by atoms with Crippen LogP contribution in [0.2, 0.25) is 0 Å². The maximum atomic E-state index is 14.4. The number of fused-ring (bicyclic) bond motifs is 6. The highest BCUT2D eigenvalue weighted by molar-refractivity contribution is 9.09. The lowest BCUT2D eigenvalue weighted by Gasteiger charge is -2.51. The van der Waals surface area contributed by atoms with Crippen LogP contribution in [0.4, 0.5) is 5.69 Å². The smallest absolute Gasteiger partial charge is 0.254 e. The number of phenols is 1. The van der Waals surface area contributed by atoms with Gasteiger partial charge in [0, 0.05) is 23.5 Å². The summed E-state index contributed by atoms with van der Waals surface area (Å²) in [6.07, 6.45) is 3.75. The molecule has 4 aromatic rings. The summed E-state index contributed by atoms with van der Waals surface area (Å²) in [5.41, 5.74) is 4.22. The van der Waals surface area contributed by atoms with Crippen LogP contribution in [0.5, 0.6) is 11.5 Å². The maximum Gasteiger partial charge on any atom is 0.254 e. The van der Waals surface area contributed by atoms with Crippen molar-refractivity contribution < 1.29 is 33.4 Å². The van der Waals surface area contributed by atoms with Crippen molar-refractivity contribution in [3.05, 3.63) is 95.8 Å². The molecule has 5 aliphatic rings. The van der Waals surface area contributed by atoms with Gasteiger partial charge in [-0.15, -0.1) is 23.2 Å². The number of hydrogen-bond acceptors (Lipinski definition) is 8. The van der Waals surface area contributed by atoms with E-state index in [0.717, 1.165) is 4.90 Å². The van der Waals surface area contributed by atoms with Gasteiger partial charge in [0.25, 0.3) is 11.8 Å². The molecular weight excluding hydrogens is 749 g/mol. The van der Waals surface area contributed by atoms with E-state index < -0.39 is 51.1 Å². The fourth-order valence-corrected chi connectivity index (χ4v) is 10.0. The zero-order valence-corrected chi connectivity index (χ0v) is 29.1. The van der Waals surface area contributed by atoms with E-state index in [9.17, 15) is 24.3 Å². The van der Waals surface area contributed by atoms with Crippen molar-refractivity contribution in [1.29, 1.82) is 0 Å². The van der Waals surface area contributed by atoms with Gasteiger partial charge in [0.2, 0.25) is 17.7 Å². The van der Waals surface area contributed by atoms with E-state index in [0.29, 0.717) is 50.7 Å². The van der Waals surface area contributed by atoms with Gasteiger partial charge < -0.3 is 14.3 Å². The number of halogens is 3. The minimum Gasteiger partial charge on any atom is -0.508 e. The predicted octanol–water partition coefficient (Wildman–Crippen LogP) is 6.47. The molecule has 0 bridgehead atoms. The number of benzene rings is 3. The summed E-state index contributed by atoms with van der Waals surface area (Å²) in [5.74, 6) is -4.27. The number of nitrogens with zero attached hydrogens (tertiary/aromatic N) is 3. The van der Waals surface area contributed by atoms with Crippen LogP contribution in [0.1, 0.15) is 18.4 Å². The average Bonchev–Trinajstić information content (AvgIpc) is 3.71. The third-order valence-corrected chi connectivity index (χ3v) is 12.7. The lowest BCUT2D eigenvalue weighted by molar-refractivity contribution is -0.138. The van der Waals surface area contributed by atoms with E-state index in [1.165, 1.54) is 17.2 Å². The Morgan fingerprint density at radius 2 is 1.74 bits per heavy atom. The second-order valence-electron chi connectivity index (χ2n) is 13.3. The van der Waals surface area contributed by atoms with Crippen molar-refractivity contribution in [1.82, 2.24) is 9.88 Å². The van der Waals surface area contributed by atoms with E-state index in [-0.39, 0.29) is 36.4 Å². The van der Waals surface area contributed by atoms with Crippen LogP contribution in [-0.4, -0.2) is 53.8 Å². The Balaban J connectivity index is 1.09. The van der Waals surface area contributed by atoms with E-state index in [2.05, 4.69) is 20.9 Å². The maximum absolute atomic E-state index is 14.4. The number of oxazole rings is 1. The average molecular weight is 775 g/mol. The number of alkyl halides is 3. The molecular formula is C37H26BrCl2N3O7. The first kappa shape index (κ1) is 31.5. The Bertz CT molecular complexity index is 2220. The molecule has 0 spiro atoms. The van der Waals surface area contributed by atoms with Crippen molar-refractivity contribution in [2.75, 3.05) is 10.4 Å². The van der Waals surface area contributed by atoms with Crippen LogP contribution in [0.15, 0.2) is 94.6 Å². The van der Waals surface area contributed by atoms with Crippen LogP contribution in [0.25, 0.3) is 22.6 Å². The highest BCUT2D eigenvalue weighted by Gasteiger charge is 2.76. The summed E-state index contributed by atoms with van der Waals surface area (Å²) in [6.45, 7) is 0. The molecule has 9 rings (SSSR count). The van der Waals surface area contributed by atoms with Crippen LogP contribution < -0.4 is 9.64 Å². The molecule has 2 saturated heterocycles. The zero-order valence-electron chi connectivity index (χ0n) is 26.0. The molecule has 252 valence electrons. The van der Waals surface area contributed by atoms with Gasteiger partial charge in [0.05, 0.1) is 29.2 Å². The molecule has 0 unspecified atom stereocenters. The predicted molar refractivity (Wildman–Crippen MR) is 187 cm³/mol. The zero-order chi connectivity index (χ0) is 34.7. The lowest BCUT2D eigenvalue weighted by atomic mass is 9.56. The molecule has 1 N–H and O–H groups in total. The quantitative estimate of drug-likeness (QED) is 0.108. The van der Waals surface area contributed by atoms with Crippen molar-refractivity contribution in [2.24, 2.45) is 23.7 Å². The number of likely N-dealkylation sites (tertiary alicyclic amines) is 1. The van der Waals surface area contributed by atoms with Crippen LogP contribution in [0.3, 0.4) is 0 Å². The summed E-state index contributed by atoms with van der Waals surface area (Å²) < 4.78 is 11.9.